The van der Waals surface area contributed by atoms with Crippen LogP contribution in [0.15, 0.2) is 30.6 Å². The lowest BCUT2D eigenvalue weighted by Crippen LogP contribution is -2.48. The van der Waals surface area contributed by atoms with E-state index in [1.165, 1.54) is 27.2 Å². The molecule has 16 heteroatoms. The molecule has 1 N–H and O–H groups in total. The molecule has 5 rings (SSSR count). The number of halogens is 4. The molecule has 2 aliphatic rings. The molecule has 226 valence electrons. The van der Waals surface area contributed by atoms with Crippen LogP contribution < -0.4 is 10.2 Å². The summed E-state index contributed by atoms with van der Waals surface area (Å²) in [5, 5.41) is 3.01. The fraction of sp³-hybridized carbons (Fsp3) is 0.462. The van der Waals surface area contributed by atoms with Crippen molar-refractivity contribution in [3.05, 3.63) is 47.8 Å². The molecule has 3 aromatic rings. The molecule has 1 aromatic carbocycles. The zero-order valence-electron chi connectivity index (χ0n) is 23.2. The van der Waals surface area contributed by atoms with Gasteiger partial charge in [0, 0.05) is 57.3 Å². The normalized spacial score (nSPS) is 17.6. The Bertz CT molecular complexity index is 1600. The lowest BCUT2D eigenvalue weighted by molar-refractivity contribution is -0.137. The summed E-state index contributed by atoms with van der Waals surface area (Å²) >= 11 is 0. The first-order valence-corrected chi connectivity index (χ1v) is 15.1. The Balaban J connectivity index is 1.42. The van der Waals surface area contributed by atoms with Crippen LogP contribution in [-0.2, 0) is 21.0 Å². The van der Waals surface area contributed by atoms with Crippen LogP contribution in [-0.4, -0.2) is 95.1 Å². The maximum atomic E-state index is 15.3. The van der Waals surface area contributed by atoms with E-state index < -0.39 is 33.3 Å². The summed E-state index contributed by atoms with van der Waals surface area (Å²) in [4.78, 5) is 27.7. The molecule has 42 heavy (non-hydrogen) atoms. The van der Waals surface area contributed by atoms with Crippen molar-refractivity contribution >= 4 is 27.6 Å². The van der Waals surface area contributed by atoms with E-state index in [-0.39, 0.29) is 54.7 Å². The summed E-state index contributed by atoms with van der Waals surface area (Å²) in [6.07, 6.45) is -0.825. The zero-order chi connectivity index (χ0) is 30.4. The van der Waals surface area contributed by atoms with Gasteiger partial charge in [-0.2, -0.15) is 13.2 Å². The minimum Gasteiger partial charge on any atom is -0.360 e. The lowest BCUT2D eigenvalue weighted by Gasteiger charge is -2.33. The number of imidazole rings is 1. The first-order valence-electron chi connectivity index (χ1n) is 13.2. The minimum absolute atomic E-state index is 0.0553. The number of nitrogens with one attached hydrogen (secondary N) is 1. The number of piperazine rings is 1. The number of carbonyl (C=O) groups excluding carboxylic acids is 1. The molecule has 0 saturated carbocycles. The number of carbonyl (C=O) groups is 1. The highest BCUT2D eigenvalue weighted by atomic mass is 32.2. The van der Waals surface area contributed by atoms with Crippen LogP contribution in [0.25, 0.3) is 17.1 Å². The van der Waals surface area contributed by atoms with Gasteiger partial charge in [0.2, 0.25) is 21.9 Å². The molecule has 2 fully saturated rings. The van der Waals surface area contributed by atoms with Gasteiger partial charge < -0.3 is 19.7 Å². The van der Waals surface area contributed by atoms with Gasteiger partial charge in [0.05, 0.1) is 18.5 Å². The number of hydrogen-bond acceptors (Lipinski definition) is 8. The zero-order valence-corrected chi connectivity index (χ0v) is 24.0. The second-order valence-electron chi connectivity index (χ2n) is 10.5. The Morgan fingerprint density at radius 3 is 2.40 bits per heavy atom. The van der Waals surface area contributed by atoms with Crippen molar-refractivity contribution in [2.24, 2.45) is 0 Å². The highest BCUT2D eigenvalue weighted by molar-refractivity contribution is 7.88. The molecule has 0 unspecified atom stereocenters. The number of nitrogens with zero attached hydrogens (tertiary/aromatic N) is 7. The predicted molar refractivity (Wildman–Crippen MR) is 147 cm³/mol. The highest BCUT2D eigenvalue weighted by Crippen LogP contribution is 2.36. The van der Waals surface area contributed by atoms with E-state index in [1.54, 1.807) is 29.8 Å². The smallest absolute Gasteiger partial charge is 0.360 e. The minimum atomic E-state index is -4.78. The Morgan fingerprint density at radius 1 is 1.07 bits per heavy atom. The van der Waals surface area contributed by atoms with E-state index >= 15 is 4.39 Å². The second-order valence-corrected chi connectivity index (χ2v) is 12.4. The molecule has 0 radical (unpaired) electrons. The number of alkyl halides is 3. The van der Waals surface area contributed by atoms with E-state index in [2.05, 4.69) is 20.3 Å². The molecule has 1 amide bonds. The number of rotatable bonds is 6. The number of likely N-dealkylation sites (N-methyl/N-ethyl adjacent to an activating group) is 1. The van der Waals surface area contributed by atoms with Gasteiger partial charge >= 0.3 is 6.18 Å². The summed E-state index contributed by atoms with van der Waals surface area (Å²) in [6.45, 7) is 3.23. The standard InChI is InChI=1S/C26H30F4N8O3S/c1-16-32-21(14-38(16)22-5-4-18(12-20(22)27)36-11-10-35(2)23(39)15-36)24-19(26(28,29)30)13-31-25(34-24)33-17-6-8-37(9-7-17)42(3,40)41/h4-5,12-14,17H,6-11,15H2,1-3H3,(H,31,33,34). The average molecular weight is 611 g/mol. The van der Waals surface area contributed by atoms with Crippen LogP contribution >= 0.6 is 0 Å². The van der Waals surface area contributed by atoms with Crippen molar-refractivity contribution < 1.29 is 30.8 Å². The van der Waals surface area contributed by atoms with Crippen molar-refractivity contribution in [1.29, 1.82) is 0 Å². The fourth-order valence-corrected chi connectivity index (χ4v) is 5.94. The quantitative estimate of drug-likeness (QED) is 0.424. The average Bonchev–Trinajstić information content (AvgIpc) is 3.30. The second kappa shape index (κ2) is 11.1. The molecular weight excluding hydrogens is 580 g/mol. The largest absolute Gasteiger partial charge is 0.420 e. The number of sulfonamides is 1. The molecule has 4 heterocycles. The van der Waals surface area contributed by atoms with Crippen LogP contribution in [0.1, 0.15) is 24.2 Å². The summed E-state index contributed by atoms with van der Waals surface area (Å²) in [7, 11) is -1.63. The fourth-order valence-electron chi connectivity index (χ4n) is 5.07. The van der Waals surface area contributed by atoms with Crippen LogP contribution in [0, 0.1) is 12.7 Å². The number of aromatic nitrogens is 4. The van der Waals surface area contributed by atoms with Crippen molar-refractivity contribution in [2.75, 3.05) is 56.2 Å². The SMILES string of the molecule is Cc1nc(-c2nc(NC3CCN(S(C)(=O)=O)CC3)ncc2C(F)(F)F)cn1-c1ccc(N2CCN(C)C(=O)C2)cc1F. The van der Waals surface area contributed by atoms with Gasteiger partial charge in [0.25, 0.3) is 0 Å². The third kappa shape index (κ3) is 6.18. The first-order chi connectivity index (χ1) is 19.7. The molecule has 0 bridgehead atoms. The number of benzene rings is 1. The third-order valence-electron chi connectivity index (χ3n) is 7.49. The van der Waals surface area contributed by atoms with Crippen LogP contribution in [0.4, 0.5) is 29.2 Å². The van der Waals surface area contributed by atoms with Crippen molar-refractivity contribution in [3.8, 4) is 17.1 Å². The summed E-state index contributed by atoms with van der Waals surface area (Å²) in [5.41, 5.74) is -1.09. The van der Waals surface area contributed by atoms with E-state index in [9.17, 15) is 26.4 Å². The number of anilines is 2. The number of amides is 1. The Hall–Kier alpha value is -3.79. The van der Waals surface area contributed by atoms with Gasteiger partial charge in [-0.15, -0.1) is 0 Å². The summed E-state index contributed by atoms with van der Waals surface area (Å²) < 4.78 is 83.4. The maximum Gasteiger partial charge on any atom is 0.420 e. The van der Waals surface area contributed by atoms with Gasteiger partial charge in [-0.1, -0.05) is 0 Å². The molecular formula is C26H30F4N8O3S. The third-order valence-corrected chi connectivity index (χ3v) is 8.79. The van der Waals surface area contributed by atoms with Gasteiger partial charge in [-0.3, -0.25) is 4.79 Å². The molecule has 11 nitrogen and oxygen atoms in total. The number of hydrogen-bond donors (Lipinski definition) is 1. The van der Waals surface area contributed by atoms with Gasteiger partial charge in [0.15, 0.2) is 0 Å². The van der Waals surface area contributed by atoms with E-state index in [0.29, 0.717) is 37.8 Å². The van der Waals surface area contributed by atoms with Gasteiger partial charge in [-0.25, -0.2) is 32.1 Å². The first kappa shape index (κ1) is 29.7. The van der Waals surface area contributed by atoms with E-state index in [1.807, 2.05) is 0 Å². The molecule has 2 saturated heterocycles. The number of aryl methyl sites for hydroxylation is 1. The van der Waals surface area contributed by atoms with Gasteiger partial charge in [0.1, 0.15) is 28.6 Å². The predicted octanol–water partition coefficient (Wildman–Crippen LogP) is 2.91. The van der Waals surface area contributed by atoms with Crippen LogP contribution in [0.2, 0.25) is 0 Å². The number of piperidine rings is 1. The van der Waals surface area contributed by atoms with Crippen LogP contribution in [0.3, 0.4) is 0 Å². The molecule has 0 aliphatic carbocycles. The lowest BCUT2D eigenvalue weighted by atomic mass is 10.1. The van der Waals surface area contributed by atoms with Crippen molar-refractivity contribution in [3.63, 3.8) is 0 Å². The van der Waals surface area contributed by atoms with E-state index in [4.69, 9.17) is 0 Å². The molecule has 2 aromatic heterocycles. The molecule has 0 atom stereocenters. The summed E-state index contributed by atoms with van der Waals surface area (Å²) in [5.74, 6) is -0.534. The van der Waals surface area contributed by atoms with Crippen molar-refractivity contribution in [2.45, 2.75) is 32.0 Å². The summed E-state index contributed by atoms with van der Waals surface area (Å²) in [6, 6.07) is 4.19. The van der Waals surface area contributed by atoms with Crippen molar-refractivity contribution in [1.82, 2.24) is 28.7 Å². The Kier molecular flexibility index (Phi) is 7.87. The monoisotopic (exact) mass is 610 g/mol. The van der Waals surface area contributed by atoms with Gasteiger partial charge in [-0.05, 0) is 38.0 Å². The molecule has 0 spiro atoms. The maximum absolute atomic E-state index is 15.3. The Morgan fingerprint density at radius 2 is 1.79 bits per heavy atom. The molecule has 2 aliphatic heterocycles. The topological polar surface area (TPSA) is 117 Å². The van der Waals surface area contributed by atoms with E-state index in [0.717, 1.165) is 6.26 Å². The van der Waals surface area contributed by atoms with Crippen LogP contribution in [0.5, 0.6) is 0 Å². The Labute approximate surface area is 240 Å². The highest BCUT2D eigenvalue weighted by Gasteiger charge is 2.37.